The van der Waals surface area contributed by atoms with Gasteiger partial charge < -0.3 is 10.2 Å². The van der Waals surface area contributed by atoms with Crippen LogP contribution in [0.1, 0.15) is 44.0 Å². The summed E-state index contributed by atoms with van der Waals surface area (Å²) in [6, 6.07) is 0.561. The number of piperidine rings is 2. The van der Waals surface area contributed by atoms with Crippen molar-refractivity contribution in [1.82, 2.24) is 20.1 Å². The fourth-order valence-electron chi connectivity index (χ4n) is 4.62. The van der Waals surface area contributed by atoms with Gasteiger partial charge in [-0.1, -0.05) is 6.92 Å². The predicted octanol–water partition coefficient (Wildman–Crippen LogP) is 2.35. The number of nitrogens with zero attached hydrogens (tertiary/aromatic N) is 3. The van der Waals surface area contributed by atoms with Crippen LogP contribution in [-0.4, -0.2) is 59.5 Å². The summed E-state index contributed by atoms with van der Waals surface area (Å²) < 4.78 is 0. The zero-order chi connectivity index (χ0) is 17.3. The highest BCUT2D eigenvalue weighted by Crippen LogP contribution is 2.56. The molecule has 1 spiro atoms. The summed E-state index contributed by atoms with van der Waals surface area (Å²) >= 11 is 1.70. The standard InChI is InChI=1S/C19H30N4OS/c1-15-2-9-22(10-3-15)18(24)14-23(13-17-21-8-11-25-17)16-12-19(16)4-6-20-7-5-19/h8,11,15-16,20H,2-7,9-10,12-14H2,1H3. The molecule has 3 fully saturated rings. The van der Waals surface area contributed by atoms with Gasteiger partial charge in [-0.2, -0.15) is 0 Å². The van der Waals surface area contributed by atoms with Crippen LogP contribution >= 0.6 is 11.3 Å². The zero-order valence-electron chi connectivity index (χ0n) is 15.2. The van der Waals surface area contributed by atoms with Gasteiger partial charge in [-0.15, -0.1) is 11.3 Å². The fourth-order valence-corrected chi connectivity index (χ4v) is 5.26. The van der Waals surface area contributed by atoms with E-state index in [2.05, 4.69) is 27.0 Å². The van der Waals surface area contributed by atoms with Crippen LogP contribution in [0.15, 0.2) is 11.6 Å². The summed E-state index contributed by atoms with van der Waals surface area (Å²) in [5.74, 6) is 1.08. The van der Waals surface area contributed by atoms with Gasteiger partial charge in [0.1, 0.15) is 5.01 Å². The van der Waals surface area contributed by atoms with Gasteiger partial charge in [-0.3, -0.25) is 9.69 Å². The molecule has 25 heavy (non-hydrogen) atoms. The fraction of sp³-hybridized carbons (Fsp3) is 0.789. The third-order valence-electron chi connectivity index (χ3n) is 6.48. The average molecular weight is 363 g/mol. The smallest absolute Gasteiger partial charge is 0.236 e. The van der Waals surface area contributed by atoms with Gasteiger partial charge in [0, 0.05) is 30.7 Å². The van der Waals surface area contributed by atoms with Crippen LogP contribution in [0.5, 0.6) is 0 Å². The summed E-state index contributed by atoms with van der Waals surface area (Å²) in [5, 5.41) is 6.65. The van der Waals surface area contributed by atoms with E-state index in [0.29, 0.717) is 23.9 Å². The highest BCUT2D eigenvalue weighted by atomic mass is 32.1. The maximum atomic E-state index is 12.9. The molecule has 1 atom stereocenters. The molecule has 5 nitrogen and oxygen atoms in total. The molecule has 3 heterocycles. The molecule has 1 amide bonds. The summed E-state index contributed by atoms with van der Waals surface area (Å²) in [6.45, 7) is 7.80. The molecule has 0 aromatic carbocycles. The van der Waals surface area contributed by atoms with Crippen molar-refractivity contribution in [2.24, 2.45) is 11.3 Å². The van der Waals surface area contributed by atoms with E-state index in [1.54, 1.807) is 11.3 Å². The molecule has 2 saturated heterocycles. The van der Waals surface area contributed by atoms with E-state index in [-0.39, 0.29) is 0 Å². The molecule has 1 unspecified atom stereocenters. The Morgan fingerprint density at radius 1 is 1.40 bits per heavy atom. The van der Waals surface area contributed by atoms with Crippen LogP contribution in [0.2, 0.25) is 0 Å². The van der Waals surface area contributed by atoms with Crippen molar-refractivity contribution in [3.05, 3.63) is 16.6 Å². The Hall–Kier alpha value is -0.980. The van der Waals surface area contributed by atoms with Gasteiger partial charge in [0.2, 0.25) is 5.91 Å². The maximum absolute atomic E-state index is 12.9. The Bertz CT molecular complexity index is 576. The van der Waals surface area contributed by atoms with Crippen molar-refractivity contribution < 1.29 is 4.79 Å². The van der Waals surface area contributed by atoms with Crippen LogP contribution in [0.4, 0.5) is 0 Å². The topological polar surface area (TPSA) is 48.5 Å². The molecule has 1 aromatic heterocycles. The third-order valence-corrected chi connectivity index (χ3v) is 7.25. The van der Waals surface area contributed by atoms with E-state index in [4.69, 9.17) is 0 Å². The minimum absolute atomic E-state index is 0.319. The molecular weight excluding hydrogens is 332 g/mol. The number of rotatable bonds is 5. The molecule has 4 rings (SSSR count). The van der Waals surface area contributed by atoms with Crippen molar-refractivity contribution in [3.63, 3.8) is 0 Å². The second kappa shape index (κ2) is 7.33. The number of carbonyl (C=O) groups excluding carboxylic acids is 1. The number of aromatic nitrogens is 1. The van der Waals surface area contributed by atoms with Gasteiger partial charge in [-0.25, -0.2) is 4.98 Å². The second-order valence-corrected chi connectivity index (χ2v) is 9.21. The number of hydrogen-bond acceptors (Lipinski definition) is 5. The Labute approximate surface area is 154 Å². The van der Waals surface area contributed by atoms with Crippen LogP contribution in [0.3, 0.4) is 0 Å². The third kappa shape index (κ3) is 3.91. The Morgan fingerprint density at radius 2 is 2.16 bits per heavy atom. The van der Waals surface area contributed by atoms with E-state index >= 15 is 0 Å². The van der Waals surface area contributed by atoms with E-state index in [1.807, 2.05) is 11.6 Å². The summed E-state index contributed by atoms with van der Waals surface area (Å²) in [4.78, 5) is 21.9. The first-order chi connectivity index (χ1) is 12.2. The van der Waals surface area contributed by atoms with Crippen LogP contribution in [0.25, 0.3) is 0 Å². The Kier molecular flexibility index (Phi) is 5.11. The minimum atomic E-state index is 0.319. The van der Waals surface area contributed by atoms with E-state index in [0.717, 1.165) is 56.5 Å². The molecule has 0 radical (unpaired) electrons. The van der Waals surface area contributed by atoms with Crippen LogP contribution in [0, 0.1) is 11.3 Å². The van der Waals surface area contributed by atoms with Crippen molar-refractivity contribution in [1.29, 1.82) is 0 Å². The van der Waals surface area contributed by atoms with Crippen molar-refractivity contribution in [2.75, 3.05) is 32.7 Å². The highest BCUT2D eigenvalue weighted by molar-refractivity contribution is 7.09. The van der Waals surface area contributed by atoms with E-state index in [1.165, 1.54) is 19.3 Å². The summed E-state index contributed by atoms with van der Waals surface area (Å²) in [5.41, 5.74) is 0.458. The minimum Gasteiger partial charge on any atom is -0.342 e. The molecule has 1 aromatic rings. The lowest BCUT2D eigenvalue weighted by molar-refractivity contribution is -0.134. The number of nitrogens with one attached hydrogen (secondary N) is 1. The average Bonchev–Trinajstić information content (AvgIpc) is 3.05. The van der Waals surface area contributed by atoms with Gasteiger partial charge in [-0.05, 0) is 56.5 Å². The lowest BCUT2D eigenvalue weighted by atomic mass is 9.93. The number of hydrogen-bond donors (Lipinski definition) is 1. The van der Waals surface area contributed by atoms with E-state index < -0.39 is 0 Å². The van der Waals surface area contributed by atoms with Crippen molar-refractivity contribution in [2.45, 2.75) is 51.6 Å². The predicted molar refractivity (Wildman–Crippen MR) is 100 cm³/mol. The number of carbonyl (C=O) groups is 1. The molecule has 1 N–H and O–H groups in total. The van der Waals surface area contributed by atoms with E-state index in [9.17, 15) is 4.79 Å². The molecule has 1 aliphatic carbocycles. The highest BCUT2D eigenvalue weighted by Gasteiger charge is 2.56. The number of amides is 1. The lowest BCUT2D eigenvalue weighted by Crippen LogP contribution is -2.45. The van der Waals surface area contributed by atoms with Gasteiger partial charge in [0.05, 0.1) is 13.1 Å². The first-order valence-electron chi connectivity index (χ1n) is 9.77. The lowest BCUT2D eigenvalue weighted by Gasteiger charge is -2.33. The number of likely N-dealkylation sites (tertiary alicyclic amines) is 1. The van der Waals surface area contributed by atoms with Crippen molar-refractivity contribution in [3.8, 4) is 0 Å². The van der Waals surface area contributed by atoms with Crippen LogP contribution < -0.4 is 5.32 Å². The SMILES string of the molecule is CC1CCN(C(=O)CN(Cc2nccs2)C2CC23CCNCC3)CC1. The number of thiazole rings is 1. The monoisotopic (exact) mass is 362 g/mol. The Balaban J connectivity index is 1.41. The summed E-state index contributed by atoms with van der Waals surface area (Å²) in [6.07, 6.45) is 7.93. The largest absolute Gasteiger partial charge is 0.342 e. The molecule has 2 aliphatic heterocycles. The molecule has 1 saturated carbocycles. The Morgan fingerprint density at radius 3 is 2.84 bits per heavy atom. The van der Waals surface area contributed by atoms with Crippen molar-refractivity contribution >= 4 is 17.2 Å². The van der Waals surface area contributed by atoms with Crippen LogP contribution in [-0.2, 0) is 11.3 Å². The maximum Gasteiger partial charge on any atom is 0.236 e. The molecule has 6 heteroatoms. The zero-order valence-corrected chi connectivity index (χ0v) is 16.1. The second-order valence-electron chi connectivity index (χ2n) is 8.23. The molecular formula is C19H30N4OS. The molecule has 138 valence electrons. The van der Waals surface area contributed by atoms with Gasteiger partial charge in [0.25, 0.3) is 0 Å². The first-order valence-corrected chi connectivity index (χ1v) is 10.7. The molecule has 3 aliphatic rings. The van der Waals surface area contributed by atoms with Gasteiger partial charge >= 0.3 is 0 Å². The van der Waals surface area contributed by atoms with Gasteiger partial charge in [0.15, 0.2) is 0 Å². The summed E-state index contributed by atoms with van der Waals surface area (Å²) in [7, 11) is 0. The molecule has 0 bridgehead atoms. The normalized spacial score (nSPS) is 26.3. The quantitative estimate of drug-likeness (QED) is 0.873. The first kappa shape index (κ1) is 17.4.